The van der Waals surface area contributed by atoms with Crippen LogP contribution in [0.5, 0.6) is 0 Å². The van der Waals surface area contributed by atoms with E-state index in [1.165, 1.54) is 24.8 Å². The van der Waals surface area contributed by atoms with Gasteiger partial charge < -0.3 is 5.32 Å². The van der Waals surface area contributed by atoms with E-state index in [2.05, 4.69) is 55.7 Å². The summed E-state index contributed by atoms with van der Waals surface area (Å²) in [5, 5.41) is 3.68. The van der Waals surface area contributed by atoms with Crippen LogP contribution in [0.1, 0.15) is 43.2 Å². The van der Waals surface area contributed by atoms with Crippen molar-refractivity contribution in [3.8, 4) is 0 Å². The summed E-state index contributed by atoms with van der Waals surface area (Å²) in [6.07, 6.45) is 8.76. The Hall–Kier alpha value is -1.34. The van der Waals surface area contributed by atoms with Gasteiger partial charge in [-0.25, -0.2) is 0 Å². The quantitative estimate of drug-likeness (QED) is 0.720. The molecule has 0 saturated heterocycles. The molecule has 1 aromatic rings. The van der Waals surface area contributed by atoms with Gasteiger partial charge in [0, 0.05) is 18.5 Å². The Morgan fingerprint density at radius 2 is 2.10 bits per heavy atom. The Morgan fingerprint density at radius 3 is 2.80 bits per heavy atom. The van der Waals surface area contributed by atoms with Crippen LogP contribution in [-0.4, -0.2) is 12.6 Å². The van der Waals surface area contributed by atoms with E-state index >= 15 is 0 Å². The highest BCUT2D eigenvalue weighted by Crippen LogP contribution is 2.40. The molecule has 20 heavy (non-hydrogen) atoms. The monoisotopic (exact) mass is 269 g/mol. The Morgan fingerprint density at radius 1 is 1.30 bits per heavy atom. The molecule has 3 atom stereocenters. The smallest absolute Gasteiger partial charge is 0.0145 e. The molecule has 108 valence electrons. The van der Waals surface area contributed by atoms with Crippen LogP contribution >= 0.6 is 0 Å². The molecule has 0 heterocycles. The van der Waals surface area contributed by atoms with Crippen LogP contribution in [0.3, 0.4) is 0 Å². The Labute approximate surface area is 123 Å². The summed E-state index contributed by atoms with van der Waals surface area (Å²) in [7, 11) is 0. The lowest BCUT2D eigenvalue weighted by molar-refractivity contribution is 0.297. The summed E-state index contributed by atoms with van der Waals surface area (Å²) >= 11 is 0. The molecule has 2 rings (SSSR count). The van der Waals surface area contributed by atoms with Crippen LogP contribution in [0.25, 0.3) is 0 Å². The van der Waals surface area contributed by atoms with Gasteiger partial charge in [0.1, 0.15) is 0 Å². The van der Waals surface area contributed by atoms with Gasteiger partial charge in [0.2, 0.25) is 0 Å². The van der Waals surface area contributed by atoms with E-state index in [4.69, 9.17) is 0 Å². The summed E-state index contributed by atoms with van der Waals surface area (Å²) in [4.78, 5) is 0. The van der Waals surface area contributed by atoms with Gasteiger partial charge in [-0.1, -0.05) is 49.8 Å². The minimum Gasteiger partial charge on any atom is -0.310 e. The van der Waals surface area contributed by atoms with E-state index in [-0.39, 0.29) is 0 Å². The molecule has 1 nitrogen and oxygen atoms in total. The zero-order valence-electron chi connectivity index (χ0n) is 12.6. The van der Waals surface area contributed by atoms with Gasteiger partial charge in [-0.15, -0.1) is 13.2 Å². The fourth-order valence-electron chi connectivity index (χ4n) is 3.62. The van der Waals surface area contributed by atoms with Crippen molar-refractivity contribution >= 4 is 0 Å². The Bertz CT molecular complexity index is 449. The molecule has 0 amide bonds. The molecule has 0 aliphatic heterocycles. The Kier molecular flexibility index (Phi) is 5.60. The predicted octanol–water partition coefficient (Wildman–Crippen LogP) is 4.46. The normalized spacial score (nSPS) is 22.9. The zero-order chi connectivity index (χ0) is 14.4. The van der Waals surface area contributed by atoms with Crippen molar-refractivity contribution in [2.24, 2.45) is 5.92 Å². The van der Waals surface area contributed by atoms with Crippen LogP contribution in [0, 0.1) is 5.92 Å². The van der Waals surface area contributed by atoms with Gasteiger partial charge in [-0.2, -0.15) is 0 Å². The fraction of sp³-hybridized carbons (Fsp3) is 0.474. The molecule has 0 bridgehead atoms. The summed E-state index contributed by atoms with van der Waals surface area (Å²) in [5.41, 5.74) is 3.09. The molecule has 1 aliphatic carbocycles. The highest BCUT2D eigenvalue weighted by molar-refractivity contribution is 5.35. The second-order valence-corrected chi connectivity index (χ2v) is 5.76. The number of rotatable bonds is 7. The number of nitrogens with one attached hydrogen (secondary N) is 1. The molecule has 1 heteroatoms. The molecular formula is C19H27N. The predicted molar refractivity (Wildman–Crippen MR) is 88.1 cm³/mol. The van der Waals surface area contributed by atoms with Crippen molar-refractivity contribution in [2.45, 2.75) is 44.6 Å². The van der Waals surface area contributed by atoms with E-state index in [0.717, 1.165) is 13.0 Å². The van der Waals surface area contributed by atoms with E-state index in [1.54, 1.807) is 5.56 Å². The maximum atomic E-state index is 3.95. The van der Waals surface area contributed by atoms with Gasteiger partial charge >= 0.3 is 0 Å². The van der Waals surface area contributed by atoms with Gasteiger partial charge in [0.05, 0.1) is 0 Å². The second-order valence-electron chi connectivity index (χ2n) is 5.76. The molecule has 0 spiro atoms. The minimum atomic E-state index is 0.563. The highest BCUT2D eigenvalue weighted by Gasteiger charge is 2.33. The molecule has 0 fully saturated rings. The molecule has 0 saturated carbocycles. The summed E-state index contributed by atoms with van der Waals surface area (Å²) in [6.45, 7) is 11.0. The van der Waals surface area contributed by atoms with Crippen molar-refractivity contribution in [3.05, 3.63) is 60.7 Å². The zero-order valence-corrected chi connectivity index (χ0v) is 12.6. The highest BCUT2D eigenvalue weighted by atomic mass is 14.9. The number of benzene rings is 1. The lowest BCUT2D eigenvalue weighted by Crippen LogP contribution is -2.41. The first-order chi connectivity index (χ1) is 9.81. The first-order valence-corrected chi connectivity index (χ1v) is 7.84. The van der Waals surface area contributed by atoms with Crippen molar-refractivity contribution in [2.75, 3.05) is 6.54 Å². The molecule has 1 N–H and O–H groups in total. The second kappa shape index (κ2) is 7.44. The molecule has 0 radical (unpaired) electrons. The summed E-state index contributed by atoms with van der Waals surface area (Å²) in [5.74, 6) is 1.28. The number of aryl methyl sites for hydroxylation is 1. The SMILES string of the molecule is C=CCN[C@@H]1CCc2ccccc2[C@H]1C(CC)CC=C. The topological polar surface area (TPSA) is 12.0 Å². The van der Waals surface area contributed by atoms with Crippen molar-refractivity contribution in [1.29, 1.82) is 0 Å². The largest absolute Gasteiger partial charge is 0.310 e. The van der Waals surface area contributed by atoms with Crippen molar-refractivity contribution in [1.82, 2.24) is 5.32 Å². The van der Waals surface area contributed by atoms with Crippen LogP contribution in [0.2, 0.25) is 0 Å². The van der Waals surface area contributed by atoms with Gasteiger partial charge in [0.15, 0.2) is 0 Å². The Balaban J connectivity index is 2.31. The minimum absolute atomic E-state index is 0.563. The lowest BCUT2D eigenvalue weighted by Gasteiger charge is -2.39. The van der Waals surface area contributed by atoms with Gasteiger partial charge in [-0.3, -0.25) is 0 Å². The van der Waals surface area contributed by atoms with Gasteiger partial charge in [-0.05, 0) is 36.3 Å². The fourth-order valence-corrected chi connectivity index (χ4v) is 3.62. The summed E-state index contributed by atoms with van der Waals surface area (Å²) in [6, 6.07) is 9.54. The average molecular weight is 269 g/mol. The first kappa shape index (κ1) is 15.1. The maximum Gasteiger partial charge on any atom is 0.0145 e. The third-order valence-corrected chi connectivity index (χ3v) is 4.60. The number of hydrogen-bond donors (Lipinski definition) is 1. The van der Waals surface area contributed by atoms with Crippen molar-refractivity contribution < 1.29 is 0 Å². The van der Waals surface area contributed by atoms with Crippen LogP contribution in [-0.2, 0) is 6.42 Å². The van der Waals surface area contributed by atoms with E-state index in [9.17, 15) is 0 Å². The van der Waals surface area contributed by atoms with E-state index in [1.807, 2.05) is 6.08 Å². The molecule has 1 unspecified atom stereocenters. The first-order valence-electron chi connectivity index (χ1n) is 7.84. The molecule has 1 aromatic carbocycles. The third kappa shape index (κ3) is 3.21. The third-order valence-electron chi connectivity index (χ3n) is 4.60. The van der Waals surface area contributed by atoms with Crippen molar-refractivity contribution in [3.63, 3.8) is 0 Å². The molecular weight excluding hydrogens is 242 g/mol. The van der Waals surface area contributed by atoms with Gasteiger partial charge in [0.25, 0.3) is 0 Å². The molecule has 1 aliphatic rings. The number of allylic oxidation sites excluding steroid dienone is 1. The average Bonchev–Trinajstić information content (AvgIpc) is 2.50. The summed E-state index contributed by atoms with van der Waals surface area (Å²) < 4.78 is 0. The van der Waals surface area contributed by atoms with E-state index in [0.29, 0.717) is 17.9 Å². The maximum absolute atomic E-state index is 3.95. The van der Waals surface area contributed by atoms with Crippen LogP contribution in [0.15, 0.2) is 49.6 Å². The van der Waals surface area contributed by atoms with Crippen LogP contribution < -0.4 is 5.32 Å². The number of hydrogen-bond acceptors (Lipinski definition) is 1. The standard InChI is InChI=1S/C19H27N/c1-4-9-15(6-3)19-17-11-8-7-10-16(17)12-13-18(19)20-14-5-2/h4-5,7-8,10-11,15,18-20H,1-2,6,9,12-14H2,3H3/t15?,18-,19-/m1/s1. The lowest BCUT2D eigenvalue weighted by atomic mass is 9.71. The van der Waals surface area contributed by atoms with Crippen LogP contribution in [0.4, 0.5) is 0 Å². The number of fused-ring (bicyclic) bond motifs is 1. The molecule has 0 aromatic heterocycles. The van der Waals surface area contributed by atoms with E-state index < -0.39 is 0 Å².